The van der Waals surface area contributed by atoms with E-state index in [1.807, 2.05) is 19.1 Å². The molecule has 0 aliphatic heterocycles. The molecule has 0 aromatic carbocycles. The normalized spacial score (nSPS) is 11.3. The van der Waals surface area contributed by atoms with Gasteiger partial charge in [0.25, 0.3) is 5.56 Å². The molecule has 3 rings (SSSR count). The smallest absolute Gasteiger partial charge is 0.264 e. The second kappa shape index (κ2) is 5.53. The summed E-state index contributed by atoms with van der Waals surface area (Å²) in [6.07, 6.45) is 3.07. The fraction of sp³-hybridized carbons (Fsp3) is 0.357. The molecule has 0 atom stereocenters. The Hall–Kier alpha value is -2.41. The van der Waals surface area contributed by atoms with Crippen LogP contribution in [0, 0.1) is 0 Å². The van der Waals surface area contributed by atoms with Gasteiger partial charge in [-0.2, -0.15) is 5.10 Å². The average molecular weight is 287 g/mol. The SMILES string of the molecule is CCNCc1ccc(Cn2cnc3c(cnn3C)c2=O)o1. The molecule has 21 heavy (non-hydrogen) atoms. The minimum absolute atomic E-state index is 0.113. The molecule has 3 aromatic heterocycles. The van der Waals surface area contributed by atoms with E-state index in [2.05, 4.69) is 15.4 Å². The molecular formula is C14H17N5O2. The van der Waals surface area contributed by atoms with Crippen LogP contribution in [0.15, 0.2) is 33.9 Å². The van der Waals surface area contributed by atoms with E-state index in [1.54, 1.807) is 17.9 Å². The molecule has 0 radical (unpaired) electrons. The van der Waals surface area contributed by atoms with Gasteiger partial charge in [0, 0.05) is 7.05 Å². The molecule has 1 N–H and O–H groups in total. The quantitative estimate of drug-likeness (QED) is 0.753. The third kappa shape index (κ3) is 2.59. The summed E-state index contributed by atoms with van der Waals surface area (Å²) in [5.74, 6) is 1.59. The monoisotopic (exact) mass is 287 g/mol. The number of nitrogens with zero attached hydrogens (tertiary/aromatic N) is 4. The number of nitrogens with one attached hydrogen (secondary N) is 1. The van der Waals surface area contributed by atoms with Gasteiger partial charge in [0.15, 0.2) is 5.65 Å². The van der Waals surface area contributed by atoms with Crippen molar-refractivity contribution >= 4 is 11.0 Å². The maximum atomic E-state index is 12.3. The second-order valence-corrected chi connectivity index (χ2v) is 4.83. The molecule has 0 saturated heterocycles. The fourth-order valence-corrected chi connectivity index (χ4v) is 2.20. The zero-order valence-electron chi connectivity index (χ0n) is 12.0. The van der Waals surface area contributed by atoms with E-state index >= 15 is 0 Å². The zero-order chi connectivity index (χ0) is 14.8. The van der Waals surface area contributed by atoms with Crippen LogP contribution in [0.4, 0.5) is 0 Å². The van der Waals surface area contributed by atoms with E-state index in [9.17, 15) is 4.79 Å². The van der Waals surface area contributed by atoms with Crippen molar-refractivity contribution in [3.05, 3.63) is 46.5 Å². The van der Waals surface area contributed by atoms with E-state index in [0.29, 0.717) is 24.1 Å². The van der Waals surface area contributed by atoms with Crippen molar-refractivity contribution in [1.29, 1.82) is 0 Å². The molecule has 0 fully saturated rings. The van der Waals surface area contributed by atoms with Gasteiger partial charge < -0.3 is 9.73 Å². The maximum Gasteiger partial charge on any atom is 0.264 e. The fourth-order valence-electron chi connectivity index (χ4n) is 2.20. The van der Waals surface area contributed by atoms with Gasteiger partial charge >= 0.3 is 0 Å². The first-order valence-corrected chi connectivity index (χ1v) is 6.84. The lowest BCUT2D eigenvalue weighted by molar-refractivity contribution is 0.437. The van der Waals surface area contributed by atoms with Crippen molar-refractivity contribution in [3.63, 3.8) is 0 Å². The van der Waals surface area contributed by atoms with Crippen LogP contribution in [0.5, 0.6) is 0 Å². The lowest BCUT2D eigenvalue weighted by Gasteiger charge is -2.03. The Kier molecular flexibility index (Phi) is 3.57. The van der Waals surface area contributed by atoms with Crippen LogP contribution in [0.1, 0.15) is 18.4 Å². The van der Waals surface area contributed by atoms with Gasteiger partial charge in [-0.3, -0.25) is 14.0 Å². The summed E-state index contributed by atoms with van der Waals surface area (Å²) in [5, 5.41) is 7.76. The Balaban J connectivity index is 1.86. The molecule has 0 spiro atoms. The molecule has 7 nitrogen and oxygen atoms in total. The number of hydrogen-bond acceptors (Lipinski definition) is 5. The molecular weight excluding hydrogens is 270 g/mol. The Labute approximate surface area is 121 Å². The number of rotatable bonds is 5. The van der Waals surface area contributed by atoms with Crippen LogP contribution < -0.4 is 10.9 Å². The topological polar surface area (TPSA) is 77.9 Å². The summed E-state index contributed by atoms with van der Waals surface area (Å²) in [4.78, 5) is 16.6. The van der Waals surface area contributed by atoms with Crippen LogP contribution in [0.25, 0.3) is 11.0 Å². The highest BCUT2D eigenvalue weighted by molar-refractivity contribution is 5.72. The summed E-state index contributed by atoms with van der Waals surface area (Å²) in [5.41, 5.74) is 0.473. The minimum atomic E-state index is -0.113. The van der Waals surface area contributed by atoms with Gasteiger partial charge in [-0.05, 0) is 18.7 Å². The van der Waals surface area contributed by atoms with E-state index in [4.69, 9.17) is 4.42 Å². The highest BCUT2D eigenvalue weighted by Gasteiger charge is 2.10. The number of aromatic nitrogens is 4. The lowest BCUT2D eigenvalue weighted by atomic mass is 10.4. The summed E-state index contributed by atoms with van der Waals surface area (Å²) in [7, 11) is 1.76. The zero-order valence-corrected chi connectivity index (χ0v) is 12.0. The van der Waals surface area contributed by atoms with E-state index in [-0.39, 0.29) is 5.56 Å². The standard InChI is InChI=1S/C14H17N5O2/c1-3-15-6-10-4-5-11(21-10)8-19-9-16-13-12(14(19)20)7-17-18(13)2/h4-5,7,9,15H,3,6,8H2,1-2H3. The van der Waals surface area contributed by atoms with Crippen LogP contribution in [-0.2, 0) is 20.1 Å². The predicted octanol–water partition coefficient (Wildman–Crippen LogP) is 0.881. The Morgan fingerprint density at radius 3 is 2.95 bits per heavy atom. The number of furan rings is 1. The molecule has 0 unspecified atom stereocenters. The molecule has 3 heterocycles. The second-order valence-electron chi connectivity index (χ2n) is 4.83. The summed E-state index contributed by atoms with van der Waals surface area (Å²) in [6.45, 7) is 3.98. The largest absolute Gasteiger partial charge is 0.463 e. The average Bonchev–Trinajstić information content (AvgIpc) is 3.07. The van der Waals surface area contributed by atoms with Crippen molar-refractivity contribution in [2.75, 3.05) is 6.54 Å². The van der Waals surface area contributed by atoms with Gasteiger partial charge in [0.1, 0.15) is 23.2 Å². The summed E-state index contributed by atoms with van der Waals surface area (Å²) < 4.78 is 8.80. The molecule has 7 heteroatoms. The van der Waals surface area contributed by atoms with Gasteiger partial charge in [0.05, 0.1) is 19.3 Å². The van der Waals surface area contributed by atoms with Crippen LogP contribution in [0.2, 0.25) is 0 Å². The Bertz CT molecular complexity index is 814. The molecule has 0 saturated carbocycles. The molecule has 0 aliphatic carbocycles. The Morgan fingerprint density at radius 2 is 2.14 bits per heavy atom. The van der Waals surface area contributed by atoms with Crippen molar-refractivity contribution in [2.45, 2.75) is 20.0 Å². The van der Waals surface area contributed by atoms with Gasteiger partial charge in [-0.15, -0.1) is 0 Å². The first-order chi connectivity index (χ1) is 10.2. The van der Waals surface area contributed by atoms with E-state index < -0.39 is 0 Å². The van der Waals surface area contributed by atoms with Gasteiger partial charge in [0.2, 0.25) is 0 Å². The minimum Gasteiger partial charge on any atom is -0.463 e. The van der Waals surface area contributed by atoms with Crippen molar-refractivity contribution < 1.29 is 4.42 Å². The first kappa shape index (κ1) is 13.6. The number of hydrogen-bond donors (Lipinski definition) is 1. The van der Waals surface area contributed by atoms with Crippen LogP contribution >= 0.6 is 0 Å². The van der Waals surface area contributed by atoms with E-state index in [1.165, 1.54) is 10.9 Å². The van der Waals surface area contributed by atoms with Crippen molar-refractivity contribution in [1.82, 2.24) is 24.6 Å². The van der Waals surface area contributed by atoms with Crippen molar-refractivity contribution in [2.24, 2.45) is 7.05 Å². The molecule has 0 aliphatic rings. The number of fused-ring (bicyclic) bond motifs is 1. The molecule has 0 bridgehead atoms. The molecule has 110 valence electrons. The molecule has 0 amide bonds. The van der Waals surface area contributed by atoms with Crippen molar-refractivity contribution in [3.8, 4) is 0 Å². The highest BCUT2D eigenvalue weighted by atomic mass is 16.3. The maximum absolute atomic E-state index is 12.3. The lowest BCUT2D eigenvalue weighted by Crippen LogP contribution is -2.20. The predicted molar refractivity (Wildman–Crippen MR) is 78.0 cm³/mol. The number of aryl methyl sites for hydroxylation is 1. The highest BCUT2D eigenvalue weighted by Crippen LogP contribution is 2.10. The van der Waals surface area contributed by atoms with Crippen LogP contribution in [0.3, 0.4) is 0 Å². The van der Waals surface area contributed by atoms with Crippen LogP contribution in [-0.4, -0.2) is 25.9 Å². The Morgan fingerprint density at radius 1 is 1.33 bits per heavy atom. The summed E-state index contributed by atoms with van der Waals surface area (Å²) in [6, 6.07) is 3.80. The van der Waals surface area contributed by atoms with E-state index in [0.717, 1.165) is 18.1 Å². The molecule has 3 aromatic rings. The third-order valence-corrected chi connectivity index (χ3v) is 3.31. The van der Waals surface area contributed by atoms with Gasteiger partial charge in [-0.25, -0.2) is 4.98 Å². The third-order valence-electron chi connectivity index (χ3n) is 3.31. The van der Waals surface area contributed by atoms with Gasteiger partial charge in [-0.1, -0.05) is 6.92 Å². The summed E-state index contributed by atoms with van der Waals surface area (Å²) >= 11 is 0. The first-order valence-electron chi connectivity index (χ1n) is 6.84.